The highest BCUT2D eigenvalue weighted by atomic mass is 127. The maximum atomic E-state index is 13.7. The monoisotopic (exact) mass is 378 g/mol. The third-order valence-electron chi connectivity index (χ3n) is 3.26. The van der Waals surface area contributed by atoms with Crippen LogP contribution in [0.1, 0.15) is 18.9 Å². The van der Waals surface area contributed by atoms with Crippen LogP contribution in [0.25, 0.3) is 11.0 Å². The van der Waals surface area contributed by atoms with E-state index >= 15 is 0 Å². The summed E-state index contributed by atoms with van der Waals surface area (Å²) in [6.07, 6.45) is 2.04. The number of benzene rings is 1. The van der Waals surface area contributed by atoms with E-state index in [1.54, 1.807) is 12.1 Å². The van der Waals surface area contributed by atoms with Gasteiger partial charge in [-0.15, -0.1) is 0 Å². The number of nitrogens with zero attached hydrogens (tertiary/aromatic N) is 1. The molecule has 0 aliphatic carbocycles. The molecule has 1 aromatic carbocycles. The average molecular weight is 378 g/mol. The molecule has 1 atom stereocenters. The molecule has 3 nitrogen and oxygen atoms in total. The van der Waals surface area contributed by atoms with Gasteiger partial charge in [0.25, 0.3) is 0 Å². The Hall–Kier alpha value is -0.470. The second-order valence-corrected chi connectivity index (χ2v) is 6.00. The zero-order valence-corrected chi connectivity index (χ0v) is 12.6. The minimum absolute atomic E-state index is 0.206. The molecule has 1 saturated heterocycles. The molecule has 0 radical (unpaired) electrons. The van der Waals surface area contributed by atoms with E-state index in [1.165, 1.54) is 0 Å². The third-order valence-corrected chi connectivity index (χ3v) is 4.39. The topological polar surface area (TPSA) is 29.9 Å². The molecule has 1 fully saturated rings. The highest BCUT2D eigenvalue weighted by Gasteiger charge is 2.19. The number of nitrogens with one attached hydrogen (secondary N) is 1. The number of aromatic amines is 1. The summed E-state index contributed by atoms with van der Waals surface area (Å²) in [6, 6.07) is 3.55. The lowest BCUT2D eigenvalue weighted by atomic mass is 10.1. The average Bonchev–Trinajstić information content (AvgIpc) is 2.66. The molecule has 18 heavy (non-hydrogen) atoms. The highest BCUT2D eigenvalue weighted by Crippen LogP contribution is 2.27. The molecule has 1 aliphatic heterocycles. The molecule has 2 aromatic rings. The Bertz CT molecular complexity index is 645. The molecule has 96 valence electrons. The molecule has 0 spiro atoms. The van der Waals surface area contributed by atoms with Gasteiger partial charge in [0.2, 0.25) is 0 Å². The standard InChI is InChI=1S/C12H12FIN2OS/c13-8-4-11-10(5-9(8)14)15-12(18)16(11)7-2-1-3-17-6-7/h4-5,7H,1-3,6H2,(H,15,18). The number of H-pyrrole nitrogens is 1. The normalized spacial score (nSPS) is 20.4. The maximum Gasteiger partial charge on any atom is 0.178 e. The second kappa shape index (κ2) is 4.90. The van der Waals surface area contributed by atoms with Crippen LogP contribution in [0.3, 0.4) is 0 Å². The quantitative estimate of drug-likeness (QED) is 0.605. The Morgan fingerprint density at radius 2 is 2.33 bits per heavy atom. The van der Waals surface area contributed by atoms with E-state index in [9.17, 15) is 4.39 Å². The van der Waals surface area contributed by atoms with Crippen LogP contribution in [0.2, 0.25) is 0 Å². The third kappa shape index (κ3) is 2.10. The number of fused-ring (bicyclic) bond motifs is 1. The molecule has 6 heteroatoms. The van der Waals surface area contributed by atoms with Crippen molar-refractivity contribution in [3.05, 3.63) is 26.3 Å². The van der Waals surface area contributed by atoms with E-state index < -0.39 is 0 Å². The van der Waals surface area contributed by atoms with Crippen molar-refractivity contribution < 1.29 is 9.13 Å². The Labute approximate surface area is 122 Å². The first-order chi connectivity index (χ1) is 8.66. The van der Waals surface area contributed by atoms with Crippen LogP contribution in [-0.4, -0.2) is 22.8 Å². The largest absolute Gasteiger partial charge is 0.379 e. The molecule has 0 saturated carbocycles. The summed E-state index contributed by atoms with van der Waals surface area (Å²) in [6.45, 7) is 1.45. The van der Waals surface area contributed by atoms with Crippen LogP contribution < -0.4 is 0 Å². The fraction of sp³-hybridized carbons (Fsp3) is 0.417. The van der Waals surface area contributed by atoms with Crippen LogP contribution in [0, 0.1) is 14.2 Å². The zero-order chi connectivity index (χ0) is 12.7. The predicted octanol–water partition coefficient (Wildman–Crippen LogP) is 3.79. The van der Waals surface area contributed by atoms with Gasteiger partial charge in [-0.25, -0.2) is 4.39 Å². The molecular formula is C12H12FIN2OS. The number of rotatable bonds is 1. The number of hydrogen-bond acceptors (Lipinski definition) is 2. The van der Waals surface area contributed by atoms with Crippen LogP contribution in [0.4, 0.5) is 4.39 Å². The van der Waals surface area contributed by atoms with Gasteiger partial charge in [0.1, 0.15) is 5.82 Å². The molecule has 1 N–H and O–H groups in total. The van der Waals surface area contributed by atoms with Crippen molar-refractivity contribution in [2.24, 2.45) is 0 Å². The van der Waals surface area contributed by atoms with Gasteiger partial charge in [0, 0.05) is 12.7 Å². The van der Waals surface area contributed by atoms with Gasteiger partial charge in [0.05, 0.1) is 27.3 Å². The fourth-order valence-electron chi connectivity index (χ4n) is 2.41. The molecule has 1 unspecified atom stereocenters. The van der Waals surface area contributed by atoms with E-state index in [0.717, 1.165) is 30.5 Å². The summed E-state index contributed by atoms with van der Waals surface area (Å²) < 4.78 is 22.4. The predicted molar refractivity (Wildman–Crippen MR) is 78.9 cm³/mol. The first kappa shape index (κ1) is 12.6. The highest BCUT2D eigenvalue weighted by molar-refractivity contribution is 14.1. The second-order valence-electron chi connectivity index (χ2n) is 4.45. The Balaban J connectivity index is 2.18. The molecule has 3 rings (SSSR count). The summed E-state index contributed by atoms with van der Waals surface area (Å²) in [5.41, 5.74) is 1.71. The van der Waals surface area contributed by atoms with E-state index in [1.807, 2.05) is 27.2 Å². The maximum absolute atomic E-state index is 13.7. The van der Waals surface area contributed by atoms with Gasteiger partial charge in [-0.3, -0.25) is 0 Å². The number of aromatic nitrogens is 2. The van der Waals surface area contributed by atoms with Gasteiger partial charge >= 0.3 is 0 Å². The first-order valence-corrected chi connectivity index (χ1v) is 7.32. The lowest BCUT2D eigenvalue weighted by Gasteiger charge is -2.24. The summed E-state index contributed by atoms with van der Waals surface area (Å²) in [7, 11) is 0. The van der Waals surface area contributed by atoms with Crippen molar-refractivity contribution in [3.63, 3.8) is 0 Å². The van der Waals surface area contributed by atoms with Gasteiger partial charge in [-0.2, -0.15) is 0 Å². The fourth-order valence-corrected chi connectivity index (χ4v) is 3.23. The van der Waals surface area contributed by atoms with Crippen molar-refractivity contribution in [2.75, 3.05) is 13.2 Å². The minimum Gasteiger partial charge on any atom is -0.379 e. The molecule has 0 amide bonds. The van der Waals surface area contributed by atoms with Crippen molar-refractivity contribution in [1.82, 2.24) is 9.55 Å². The number of halogens is 2. The Morgan fingerprint density at radius 3 is 3.06 bits per heavy atom. The Kier molecular flexibility index (Phi) is 3.42. The van der Waals surface area contributed by atoms with Crippen molar-refractivity contribution >= 4 is 45.8 Å². The van der Waals surface area contributed by atoms with Crippen molar-refractivity contribution in [2.45, 2.75) is 18.9 Å². The first-order valence-electron chi connectivity index (χ1n) is 5.84. The molecular weight excluding hydrogens is 366 g/mol. The molecule has 2 heterocycles. The van der Waals surface area contributed by atoms with E-state index in [4.69, 9.17) is 17.0 Å². The SMILES string of the molecule is Fc1cc2c(cc1I)[nH]c(=S)n2C1CCCOC1. The van der Waals surface area contributed by atoms with Crippen LogP contribution >= 0.6 is 34.8 Å². The molecule has 1 aliphatic rings. The van der Waals surface area contributed by atoms with Gasteiger partial charge in [-0.1, -0.05) is 0 Å². The molecule has 1 aromatic heterocycles. The zero-order valence-electron chi connectivity index (χ0n) is 9.58. The van der Waals surface area contributed by atoms with Crippen LogP contribution in [0.5, 0.6) is 0 Å². The van der Waals surface area contributed by atoms with Gasteiger partial charge in [-0.05, 0) is 53.7 Å². The van der Waals surface area contributed by atoms with Crippen LogP contribution in [-0.2, 0) is 4.74 Å². The van der Waals surface area contributed by atoms with Gasteiger partial charge in [0.15, 0.2) is 4.77 Å². The van der Waals surface area contributed by atoms with Gasteiger partial charge < -0.3 is 14.3 Å². The number of hydrogen-bond donors (Lipinski definition) is 1. The number of imidazole rings is 1. The lowest BCUT2D eigenvalue weighted by Crippen LogP contribution is -2.21. The smallest absolute Gasteiger partial charge is 0.178 e. The Morgan fingerprint density at radius 1 is 1.50 bits per heavy atom. The van der Waals surface area contributed by atoms with Crippen molar-refractivity contribution in [3.8, 4) is 0 Å². The van der Waals surface area contributed by atoms with Crippen molar-refractivity contribution in [1.29, 1.82) is 0 Å². The van der Waals surface area contributed by atoms with Crippen LogP contribution in [0.15, 0.2) is 12.1 Å². The van der Waals surface area contributed by atoms with E-state index in [-0.39, 0.29) is 11.9 Å². The number of ether oxygens (including phenoxy) is 1. The summed E-state index contributed by atoms with van der Waals surface area (Å²) >= 11 is 7.33. The molecule has 0 bridgehead atoms. The summed E-state index contributed by atoms with van der Waals surface area (Å²) in [4.78, 5) is 3.14. The lowest BCUT2D eigenvalue weighted by molar-refractivity contribution is 0.0600. The minimum atomic E-state index is -0.206. The van der Waals surface area contributed by atoms with E-state index in [0.29, 0.717) is 14.9 Å². The summed E-state index contributed by atoms with van der Waals surface area (Å²) in [5, 5.41) is 0. The van der Waals surface area contributed by atoms with E-state index in [2.05, 4.69) is 4.98 Å². The summed E-state index contributed by atoms with van der Waals surface area (Å²) in [5.74, 6) is -0.206.